The molecule has 94 valence electrons. The van der Waals surface area contributed by atoms with Gasteiger partial charge in [-0.2, -0.15) is 0 Å². The molecule has 0 bridgehead atoms. The summed E-state index contributed by atoms with van der Waals surface area (Å²) < 4.78 is 5.04. The number of hydrogen-bond acceptors (Lipinski definition) is 3. The second kappa shape index (κ2) is 5.67. The van der Waals surface area contributed by atoms with Crippen LogP contribution in [0.2, 0.25) is 0 Å². The monoisotopic (exact) mass is 228 g/mol. The van der Waals surface area contributed by atoms with E-state index in [1.807, 2.05) is 6.92 Å². The van der Waals surface area contributed by atoms with Crippen LogP contribution in [0.1, 0.15) is 52.9 Å². The quantitative estimate of drug-likeness (QED) is 0.752. The summed E-state index contributed by atoms with van der Waals surface area (Å²) in [7, 11) is 0. The van der Waals surface area contributed by atoms with Crippen molar-refractivity contribution in [1.82, 2.24) is 0 Å². The van der Waals surface area contributed by atoms with Crippen LogP contribution in [-0.4, -0.2) is 23.3 Å². The van der Waals surface area contributed by atoms with Gasteiger partial charge in [0.2, 0.25) is 0 Å². The van der Waals surface area contributed by atoms with Gasteiger partial charge in [0.1, 0.15) is 0 Å². The fraction of sp³-hybridized carbons (Fsp3) is 0.923. The molecule has 3 heteroatoms. The summed E-state index contributed by atoms with van der Waals surface area (Å²) in [4.78, 5) is 11.8. The van der Waals surface area contributed by atoms with Crippen LogP contribution in [-0.2, 0) is 9.53 Å². The lowest BCUT2D eigenvalue weighted by molar-refractivity contribution is -0.162. The van der Waals surface area contributed by atoms with Crippen LogP contribution < -0.4 is 0 Å². The Hall–Kier alpha value is -0.570. The molecule has 1 atom stereocenters. The summed E-state index contributed by atoms with van der Waals surface area (Å²) in [5.41, 5.74) is -0.826. The molecule has 0 aromatic carbocycles. The first-order valence-electron chi connectivity index (χ1n) is 6.42. The predicted octanol–water partition coefficient (Wildman–Crippen LogP) is 2.52. The molecular formula is C13H24O3. The number of esters is 1. The van der Waals surface area contributed by atoms with Crippen molar-refractivity contribution in [2.45, 2.75) is 58.5 Å². The lowest BCUT2D eigenvalue weighted by Gasteiger charge is -2.39. The minimum absolute atomic E-state index is 0.234. The fourth-order valence-electron chi connectivity index (χ4n) is 2.62. The smallest absolute Gasteiger partial charge is 0.311 e. The SMILES string of the molecule is CCOC(=O)C(CC)C1(O)CCC(C)CC1. The Morgan fingerprint density at radius 3 is 2.44 bits per heavy atom. The molecule has 1 fully saturated rings. The molecular weight excluding hydrogens is 204 g/mol. The zero-order valence-corrected chi connectivity index (χ0v) is 10.7. The summed E-state index contributed by atoms with van der Waals surface area (Å²) in [6.07, 6.45) is 4.12. The molecule has 1 N–H and O–H groups in total. The highest BCUT2D eigenvalue weighted by Crippen LogP contribution is 2.38. The molecule has 3 nitrogen and oxygen atoms in total. The largest absolute Gasteiger partial charge is 0.466 e. The number of carbonyl (C=O) groups is 1. The van der Waals surface area contributed by atoms with E-state index in [-0.39, 0.29) is 11.9 Å². The maximum atomic E-state index is 11.8. The first-order chi connectivity index (χ1) is 7.53. The highest BCUT2D eigenvalue weighted by atomic mass is 16.5. The van der Waals surface area contributed by atoms with Crippen molar-refractivity contribution in [3.8, 4) is 0 Å². The summed E-state index contributed by atoms with van der Waals surface area (Å²) in [6.45, 7) is 6.34. The zero-order chi connectivity index (χ0) is 12.2. The van der Waals surface area contributed by atoms with Crippen molar-refractivity contribution in [2.75, 3.05) is 6.61 Å². The van der Waals surface area contributed by atoms with E-state index < -0.39 is 5.60 Å². The third-order valence-corrected chi connectivity index (χ3v) is 3.77. The molecule has 1 rings (SSSR count). The average Bonchev–Trinajstić information content (AvgIpc) is 2.24. The minimum Gasteiger partial charge on any atom is -0.466 e. The van der Waals surface area contributed by atoms with Gasteiger partial charge in [-0.15, -0.1) is 0 Å². The van der Waals surface area contributed by atoms with Crippen molar-refractivity contribution >= 4 is 5.97 Å². The van der Waals surface area contributed by atoms with Crippen LogP contribution in [0.5, 0.6) is 0 Å². The molecule has 0 aromatic heterocycles. The van der Waals surface area contributed by atoms with Gasteiger partial charge in [-0.3, -0.25) is 4.79 Å². The first-order valence-corrected chi connectivity index (χ1v) is 6.42. The standard InChI is InChI=1S/C13H24O3/c1-4-11(12(14)16-5-2)13(15)8-6-10(3)7-9-13/h10-11,15H,4-9H2,1-3H3. The topological polar surface area (TPSA) is 46.5 Å². The Kier molecular flexibility index (Phi) is 4.78. The van der Waals surface area contributed by atoms with E-state index in [2.05, 4.69) is 6.92 Å². The normalized spacial score (nSPS) is 32.1. The number of carbonyl (C=O) groups excluding carboxylic acids is 1. The number of hydrogen-bond donors (Lipinski definition) is 1. The van der Waals surface area contributed by atoms with E-state index in [0.717, 1.165) is 25.7 Å². The maximum Gasteiger partial charge on any atom is 0.311 e. The lowest BCUT2D eigenvalue weighted by Crippen LogP contribution is -2.45. The summed E-state index contributed by atoms with van der Waals surface area (Å²) in [6, 6.07) is 0. The minimum atomic E-state index is -0.826. The van der Waals surface area contributed by atoms with Gasteiger partial charge in [-0.25, -0.2) is 0 Å². The predicted molar refractivity (Wildman–Crippen MR) is 63.0 cm³/mol. The van der Waals surface area contributed by atoms with Gasteiger partial charge >= 0.3 is 5.97 Å². The molecule has 16 heavy (non-hydrogen) atoms. The van der Waals surface area contributed by atoms with Crippen LogP contribution in [0.15, 0.2) is 0 Å². The molecule has 0 amide bonds. The Morgan fingerprint density at radius 2 is 2.00 bits per heavy atom. The third kappa shape index (κ3) is 2.97. The van der Waals surface area contributed by atoms with Gasteiger partial charge in [0, 0.05) is 0 Å². The van der Waals surface area contributed by atoms with Crippen LogP contribution in [0, 0.1) is 11.8 Å². The van der Waals surface area contributed by atoms with E-state index in [9.17, 15) is 9.90 Å². The molecule has 1 aliphatic carbocycles. The van der Waals surface area contributed by atoms with E-state index >= 15 is 0 Å². The van der Waals surface area contributed by atoms with E-state index in [0.29, 0.717) is 18.9 Å². The average molecular weight is 228 g/mol. The summed E-state index contributed by atoms with van der Waals surface area (Å²) in [5.74, 6) is 0.0852. The van der Waals surface area contributed by atoms with E-state index in [1.165, 1.54) is 0 Å². The van der Waals surface area contributed by atoms with Crippen molar-refractivity contribution in [2.24, 2.45) is 11.8 Å². The van der Waals surface area contributed by atoms with E-state index in [4.69, 9.17) is 4.74 Å². The van der Waals surface area contributed by atoms with Crippen LogP contribution in [0.4, 0.5) is 0 Å². The lowest BCUT2D eigenvalue weighted by atomic mass is 9.71. The molecule has 1 unspecified atom stereocenters. The highest BCUT2D eigenvalue weighted by Gasteiger charge is 2.42. The Morgan fingerprint density at radius 1 is 1.44 bits per heavy atom. The third-order valence-electron chi connectivity index (χ3n) is 3.77. The molecule has 1 aliphatic rings. The zero-order valence-electron chi connectivity index (χ0n) is 10.7. The second-order valence-electron chi connectivity index (χ2n) is 5.00. The Bertz CT molecular complexity index is 229. The van der Waals surface area contributed by atoms with Crippen molar-refractivity contribution in [3.63, 3.8) is 0 Å². The van der Waals surface area contributed by atoms with Crippen LogP contribution in [0.3, 0.4) is 0 Å². The van der Waals surface area contributed by atoms with Crippen molar-refractivity contribution in [1.29, 1.82) is 0 Å². The number of rotatable bonds is 4. The summed E-state index contributed by atoms with van der Waals surface area (Å²) in [5, 5.41) is 10.5. The highest BCUT2D eigenvalue weighted by molar-refractivity contribution is 5.73. The molecule has 0 saturated heterocycles. The van der Waals surface area contributed by atoms with Crippen LogP contribution >= 0.6 is 0 Å². The maximum absolute atomic E-state index is 11.8. The van der Waals surface area contributed by atoms with Crippen molar-refractivity contribution in [3.05, 3.63) is 0 Å². The molecule has 0 radical (unpaired) electrons. The second-order valence-corrected chi connectivity index (χ2v) is 5.00. The van der Waals surface area contributed by atoms with Gasteiger partial charge in [-0.05, 0) is 44.9 Å². The van der Waals surface area contributed by atoms with Gasteiger partial charge in [0.25, 0.3) is 0 Å². The molecule has 0 aliphatic heterocycles. The Balaban J connectivity index is 2.67. The fourth-order valence-corrected chi connectivity index (χ4v) is 2.62. The molecule has 0 spiro atoms. The molecule has 0 heterocycles. The van der Waals surface area contributed by atoms with Gasteiger partial charge < -0.3 is 9.84 Å². The summed E-state index contributed by atoms with van der Waals surface area (Å²) >= 11 is 0. The molecule has 1 saturated carbocycles. The van der Waals surface area contributed by atoms with Gasteiger partial charge in [0.15, 0.2) is 0 Å². The van der Waals surface area contributed by atoms with Gasteiger partial charge in [0.05, 0.1) is 18.1 Å². The Labute approximate surface area is 98.2 Å². The van der Waals surface area contributed by atoms with Gasteiger partial charge in [-0.1, -0.05) is 13.8 Å². The number of ether oxygens (including phenoxy) is 1. The molecule has 0 aromatic rings. The number of aliphatic hydroxyl groups is 1. The van der Waals surface area contributed by atoms with Crippen LogP contribution in [0.25, 0.3) is 0 Å². The van der Waals surface area contributed by atoms with Crippen molar-refractivity contribution < 1.29 is 14.6 Å². The first kappa shape index (κ1) is 13.5. The van der Waals surface area contributed by atoms with E-state index in [1.54, 1.807) is 6.92 Å².